The van der Waals surface area contributed by atoms with Gasteiger partial charge in [-0.3, -0.25) is 4.79 Å². The number of hydrogen-bond donors (Lipinski definition) is 2. The van der Waals surface area contributed by atoms with E-state index >= 15 is 0 Å². The number of rotatable bonds is 5. The zero-order valence-corrected chi connectivity index (χ0v) is 15.8. The van der Waals surface area contributed by atoms with E-state index in [2.05, 4.69) is 5.32 Å². The second-order valence-corrected chi connectivity index (χ2v) is 8.41. The number of carbonyl (C=O) groups excluding carboxylic acids is 1. The van der Waals surface area contributed by atoms with Crippen molar-refractivity contribution < 1.29 is 18.3 Å². The number of carbonyl (C=O) groups is 1. The van der Waals surface area contributed by atoms with Gasteiger partial charge < -0.3 is 10.4 Å². The fourth-order valence-electron chi connectivity index (χ4n) is 2.78. The molecule has 3 rings (SSSR count). The molecule has 0 saturated heterocycles. The van der Waals surface area contributed by atoms with Crippen LogP contribution in [-0.2, 0) is 16.6 Å². The van der Waals surface area contributed by atoms with Crippen LogP contribution in [0.1, 0.15) is 15.9 Å². The minimum absolute atomic E-state index is 0.0222. The third-order valence-corrected chi connectivity index (χ3v) is 6.19. The normalized spacial score (nSPS) is 11.7. The van der Waals surface area contributed by atoms with Crippen LogP contribution in [0.4, 0.5) is 0 Å². The van der Waals surface area contributed by atoms with Crippen LogP contribution in [0.25, 0.3) is 10.8 Å². The summed E-state index contributed by atoms with van der Waals surface area (Å²) in [5, 5.41) is 14.5. The molecule has 0 bridgehead atoms. The first-order valence-corrected chi connectivity index (χ1v) is 9.75. The Morgan fingerprint density at radius 1 is 1.00 bits per heavy atom. The number of sulfonamides is 1. The molecule has 0 heterocycles. The van der Waals surface area contributed by atoms with Crippen molar-refractivity contribution in [1.29, 1.82) is 0 Å². The van der Waals surface area contributed by atoms with Crippen LogP contribution in [0.5, 0.6) is 5.75 Å². The maximum absolute atomic E-state index is 12.5. The van der Waals surface area contributed by atoms with E-state index in [0.29, 0.717) is 5.56 Å². The molecule has 6 nitrogen and oxygen atoms in total. The molecule has 0 aliphatic rings. The predicted octanol–water partition coefficient (Wildman–Crippen LogP) is 2.73. The van der Waals surface area contributed by atoms with Gasteiger partial charge in [0.15, 0.2) is 0 Å². The summed E-state index contributed by atoms with van der Waals surface area (Å²) in [6, 6.07) is 17.1. The number of phenols is 1. The number of benzene rings is 3. The maximum Gasteiger partial charge on any atom is 0.255 e. The summed E-state index contributed by atoms with van der Waals surface area (Å²) in [5.41, 5.74) is 0.612. The number of nitrogens with one attached hydrogen (secondary N) is 1. The Hall–Kier alpha value is -2.90. The van der Waals surface area contributed by atoms with E-state index in [1.165, 1.54) is 26.2 Å². The van der Waals surface area contributed by atoms with Gasteiger partial charge in [0.25, 0.3) is 5.91 Å². The topological polar surface area (TPSA) is 86.7 Å². The first kappa shape index (κ1) is 18.9. The van der Waals surface area contributed by atoms with Crippen LogP contribution in [0, 0.1) is 0 Å². The number of fused-ring (bicyclic) bond motifs is 1. The highest BCUT2D eigenvalue weighted by Gasteiger charge is 2.21. The summed E-state index contributed by atoms with van der Waals surface area (Å²) in [7, 11) is -0.712. The van der Waals surface area contributed by atoms with E-state index in [-0.39, 0.29) is 22.8 Å². The standard InChI is InChI=1S/C20H20N2O4S/c1-22(2)27(25,26)19-10-6-5-9-16(19)13-21-20(24)17-11-14-7-3-4-8-15(14)12-18(17)23/h3-12,23H,13H2,1-2H3,(H,21,24). The molecule has 0 saturated carbocycles. The van der Waals surface area contributed by atoms with Crippen LogP contribution < -0.4 is 5.32 Å². The summed E-state index contributed by atoms with van der Waals surface area (Å²) in [6.07, 6.45) is 0. The lowest BCUT2D eigenvalue weighted by Crippen LogP contribution is -2.27. The monoisotopic (exact) mass is 384 g/mol. The summed E-state index contributed by atoms with van der Waals surface area (Å²) >= 11 is 0. The zero-order chi connectivity index (χ0) is 19.6. The lowest BCUT2D eigenvalue weighted by Gasteiger charge is -2.15. The molecule has 0 aliphatic heterocycles. The fraction of sp³-hybridized carbons (Fsp3) is 0.150. The third-order valence-electron chi connectivity index (χ3n) is 4.28. The minimum Gasteiger partial charge on any atom is -0.507 e. The molecule has 0 aromatic heterocycles. The lowest BCUT2D eigenvalue weighted by atomic mass is 10.1. The Balaban J connectivity index is 1.86. The van der Waals surface area contributed by atoms with Crippen LogP contribution >= 0.6 is 0 Å². The van der Waals surface area contributed by atoms with Gasteiger partial charge in [-0.2, -0.15) is 0 Å². The smallest absolute Gasteiger partial charge is 0.255 e. The highest BCUT2D eigenvalue weighted by atomic mass is 32.2. The molecule has 0 fully saturated rings. The number of amides is 1. The summed E-state index contributed by atoms with van der Waals surface area (Å²) < 4.78 is 26.0. The van der Waals surface area contributed by atoms with Gasteiger partial charge in [-0.25, -0.2) is 12.7 Å². The van der Waals surface area contributed by atoms with Gasteiger partial charge in [0, 0.05) is 20.6 Å². The molecule has 27 heavy (non-hydrogen) atoms. The van der Waals surface area contributed by atoms with Crippen LogP contribution in [0.15, 0.2) is 65.6 Å². The molecule has 0 radical (unpaired) electrons. The quantitative estimate of drug-likeness (QED) is 0.708. The average Bonchev–Trinajstić information content (AvgIpc) is 2.65. The van der Waals surface area contributed by atoms with E-state index in [9.17, 15) is 18.3 Å². The Morgan fingerprint density at radius 2 is 1.59 bits per heavy atom. The number of hydrogen-bond acceptors (Lipinski definition) is 4. The maximum atomic E-state index is 12.5. The third kappa shape index (κ3) is 3.79. The Kier molecular flexibility index (Phi) is 5.16. The van der Waals surface area contributed by atoms with Gasteiger partial charge in [-0.15, -0.1) is 0 Å². The second kappa shape index (κ2) is 7.38. The van der Waals surface area contributed by atoms with Crippen molar-refractivity contribution in [1.82, 2.24) is 9.62 Å². The molecule has 0 spiro atoms. The van der Waals surface area contributed by atoms with Crippen molar-refractivity contribution in [2.24, 2.45) is 0 Å². The minimum atomic E-state index is -3.62. The molecule has 0 aliphatic carbocycles. The predicted molar refractivity (Wildman–Crippen MR) is 104 cm³/mol. The van der Waals surface area contributed by atoms with Gasteiger partial charge in [-0.1, -0.05) is 42.5 Å². The van der Waals surface area contributed by atoms with Gasteiger partial charge in [0.05, 0.1) is 10.5 Å². The average molecular weight is 384 g/mol. The molecule has 1 amide bonds. The lowest BCUT2D eigenvalue weighted by molar-refractivity contribution is 0.0948. The van der Waals surface area contributed by atoms with E-state index < -0.39 is 15.9 Å². The van der Waals surface area contributed by atoms with E-state index in [1.807, 2.05) is 24.3 Å². The second-order valence-electron chi connectivity index (χ2n) is 6.29. The van der Waals surface area contributed by atoms with Gasteiger partial charge in [0.1, 0.15) is 5.75 Å². The van der Waals surface area contributed by atoms with Crippen LogP contribution in [-0.4, -0.2) is 37.8 Å². The first-order chi connectivity index (χ1) is 12.8. The Morgan fingerprint density at radius 3 is 2.26 bits per heavy atom. The van der Waals surface area contributed by atoms with E-state index in [1.54, 1.807) is 24.3 Å². The van der Waals surface area contributed by atoms with E-state index in [0.717, 1.165) is 15.1 Å². The van der Waals surface area contributed by atoms with Gasteiger partial charge in [-0.05, 0) is 34.5 Å². The van der Waals surface area contributed by atoms with Crippen molar-refractivity contribution in [3.8, 4) is 5.75 Å². The molecule has 140 valence electrons. The van der Waals surface area contributed by atoms with E-state index in [4.69, 9.17) is 0 Å². The van der Waals surface area contributed by atoms with Crippen LogP contribution in [0.3, 0.4) is 0 Å². The van der Waals surface area contributed by atoms with Gasteiger partial charge in [0.2, 0.25) is 10.0 Å². The van der Waals surface area contributed by atoms with Crippen molar-refractivity contribution in [3.63, 3.8) is 0 Å². The highest BCUT2D eigenvalue weighted by molar-refractivity contribution is 7.89. The Labute approximate surface area is 158 Å². The zero-order valence-electron chi connectivity index (χ0n) is 15.0. The number of aromatic hydroxyl groups is 1. The molecule has 3 aromatic rings. The molecule has 3 aromatic carbocycles. The highest BCUT2D eigenvalue weighted by Crippen LogP contribution is 2.25. The fourth-order valence-corrected chi connectivity index (χ4v) is 3.89. The number of phenolic OH excluding ortho intramolecular Hbond substituents is 1. The van der Waals surface area contributed by atoms with Crippen molar-refractivity contribution in [3.05, 3.63) is 71.8 Å². The summed E-state index contributed by atoms with van der Waals surface area (Å²) in [5.74, 6) is -0.601. The summed E-state index contributed by atoms with van der Waals surface area (Å²) in [6.45, 7) is 0.0222. The largest absolute Gasteiger partial charge is 0.507 e. The molecular formula is C20H20N2O4S. The SMILES string of the molecule is CN(C)S(=O)(=O)c1ccccc1CNC(=O)c1cc2ccccc2cc1O. The molecule has 7 heteroatoms. The summed E-state index contributed by atoms with van der Waals surface area (Å²) in [4.78, 5) is 12.7. The molecular weight excluding hydrogens is 364 g/mol. The molecule has 0 unspecified atom stereocenters. The van der Waals surface area contributed by atoms with Crippen LogP contribution in [0.2, 0.25) is 0 Å². The molecule has 0 atom stereocenters. The van der Waals surface area contributed by atoms with Crippen molar-refractivity contribution in [2.75, 3.05) is 14.1 Å². The Bertz CT molecular complexity index is 1110. The van der Waals surface area contributed by atoms with Gasteiger partial charge >= 0.3 is 0 Å². The molecule has 2 N–H and O–H groups in total. The number of nitrogens with zero attached hydrogens (tertiary/aromatic N) is 1. The van der Waals surface area contributed by atoms with Crippen molar-refractivity contribution >= 4 is 26.7 Å². The van der Waals surface area contributed by atoms with Crippen molar-refractivity contribution in [2.45, 2.75) is 11.4 Å². The first-order valence-electron chi connectivity index (χ1n) is 8.31.